The number of rotatable bonds is 5. The smallest absolute Gasteiger partial charge is 0.305 e. The summed E-state index contributed by atoms with van der Waals surface area (Å²) >= 11 is 13.3. The quantitative estimate of drug-likeness (QED) is 0.725. The van der Waals surface area contributed by atoms with E-state index in [9.17, 15) is 4.79 Å². The number of carbonyl (C=O) groups is 1. The predicted molar refractivity (Wildman–Crippen MR) is 90.4 cm³/mol. The first kappa shape index (κ1) is 16.1. The average Bonchev–Trinajstić information content (AvgIpc) is 2.85. The zero-order valence-electron chi connectivity index (χ0n) is 11.7. The van der Waals surface area contributed by atoms with Crippen LogP contribution >= 0.6 is 35.0 Å². The Labute approximate surface area is 146 Å². The molecule has 0 radical (unpaired) electrons. The summed E-state index contributed by atoms with van der Waals surface area (Å²) in [4.78, 5) is 19.7. The molecule has 2 heterocycles. The lowest BCUT2D eigenvalue weighted by Gasteiger charge is -2.08. The van der Waals surface area contributed by atoms with Crippen LogP contribution in [-0.2, 0) is 11.3 Å². The Kier molecular flexibility index (Phi) is 4.75. The minimum Gasteiger partial charge on any atom is -0.481 e. The number of halogens is 2. The first-order chi connectivity index (χ1) is 11.0. The van der Waals surface area contributed by atoms with Gasteiger partial charge in [-0.25, -0.2) is 9.97 Å². The fraction of sp³-hybridized carbons (Fsp3) is 0.133. The van der Waals surface area contributed by atoms with Crippen molar-refractivity contribution in [3.63, 3.8) is 0 Å². The number of imidazole rings is 1. The Hall–Kier alpha value is -1.76. The SMILES string of the molecule is O=C(O)CCn1c(Sc2ncc(Cl)cc2Cl)nc2ccccc21. The van der Waals surface area contributed by atoms with Gasteiger partial charge in [0, 0.05) is 12.7 Å². The molecule has 3 aromatic rings. The lowest BCUT2D eigenvalue weighted by Crippen LogP contribution is -2.05. The van der Waals surface area contributed by atoms with E-state index >= 15 is 0 Å². The zero-order chi connectivity index (χ0) is 16.4. The molecule has 5 nitrogen and oxygen atoms in total. The monoisotopic (exact) mass is 367 g/mol. The second-order valence-corrected chi connectivity index (χ2v) is 6.52. The third kappa shape index (κ3) is 3.60. The molecule has 0 unspecified atom stereocenters. The van der Waals surface area contributed by atoms with Crippen molar-refractivity contribution in [1.29, 1.82) is 0 Å². The molecule has 0 atom stereocenters. The maximum absolute atomic E-state index is 10.9. The van der Waals surface area contributed by atoms with Crippen molar-refractivity contribution >= 4 is 52.0 Å². The van der Waals surface area contributed by atoms with E-state index in [2.05, 4.69) is 9.97 Å². The van der Waals surface area contributed by atoms with Crippen molar-refractivity contribution in [2.45, 2.75) is 23.1 Å². The molecule has 0 spiro atoms. The number of aliphatic carboxylic acids is 1. The van der Waals surface area contributed by atoms with Crippen molar-refractivity contribution in [1.82, 2.24) is 14.5 Å². The van der Waals surface area contributed by atoms with Gasteiger partial charge in [0.1, 0.15) is 5.03 Å². The number of carboxylic acids is 1. The highest BCUT2D eigenvalue weighted by Crippen LogP contribution is 2.34. The number of para-hydroxylation sites is 2. The van der Waals surface area contributed by atoms with Gasteiger partial charge in [-0.1, -0.05) is 35.3 Å². The highest BCUT2D eigenvalue weighted by Gasteiger charge is 2.15. The second-order valence-electron chi connectivity index (χ2n) is 4.72. The highest BCUT2D eigenvalue weighted by molar-refractivity contribution is 7.99. The van der Waals surface area contributed by atoms with Gasteiger partial charge in [-0.05, 0) is 30.0 Å². The van der Waals surface area contributed by atoms with Gasteiger partial charge >= 0.3 is 5.97 Å². The van der Waals surface area contributed by atoms with Crippen LogP contribution in [0.4, 0.5) is 0 Å². The molecule has 0 saturated carbocycles. The number of hydrogen-bond donors (Lipinski definition) is 1. The Morgan fingerprint density at radius 1 is 1.30 bits per heavy atom. The maximum Gasteiger partial charge on any atom is 0.305 e. The fourth-order valence-electron chi connectivity index (χ4n) is 2.12. The van der Waals surface area contributed by atoms with Gasteiger partial charge in [-0.3, -0.25) is 4.79 Å². The van der Waals surface area contributed by atoms with E-state index < -0.39 is 5.97 Å². The summed E-state index contributed by atoms with van der Waals surface area (Å²) in [5.74, 6) is -0.860. The summed E-state index contributed by atoms with van der Waals surface area (Å²) in [5, 5.41) is 11.1. The molecule has 3 rings (SSSR count). The summed E-state index contributed by atoms with van der Waals surface area (Å²) in [7, 11) is 0. The number of hydrogen-bond acceptors (Lipinski definition) is 4. The van der Waals surface area contributed by atoms with Gasteiger partial charge in [0.05, 0.1) is 27.5 Å². The van der Waals surface area contributed by atoms with Crippen LogP contribution in [0.2, 0.25) is 10.0 Å². The van der Waals surface area contributed by atoms with Crippen LogP contribution in [0.1, 0.15) is 6.42 Å². The molecule has 2 aromatic heterocycles. The lowest BCUT2D eigenvalue weighted by molar-refractivity contribution is -0.137. The van der Waals surface area contributed by atoms with Crippen LogP contribution < -0.4 is 0 Å². The van der Waals surface area contributed by atoms with E-state index in [0.29, 0.717) is 26.8 Å². The molecule has 0 aliphatic heterocycles. The summed E-state index contributed by atoms with van der Waals surface area (Å²) in [6.45, 7) is 0.323. The molecule has 118 valence electrons. The third-order valence-electron chi connectivity index (χ3n) is 3.13. The van der Waals surface area contributed by atoms with E-state index in [1.54, 1.807) is 6.07 Å². The van der Waals surface area contributed by atoms with E-state index in [0.717, 1.165) is 11.0 Å². The molecule has 0 fully saturated rings. The first-order valence-corrected chi connectivity index (χ1v) is 8.28. The van der Waals surface area contributed by atoms with Gasteiger partial charge in [0.2, 0.25) is 0 Å². The fourth-order valence-corrected chi connectivity index (χ4v) is 3.49. The highest BCUT2D eigenvalue weighted by atomic mass is 35.5. The summed E-state index contributed by atoms with van der Waals surface area (Å²) in [6.07, 6.45) is 1.52. The van der Waals surface area contributed by atoms with Crippen molar-refractivity contribution < 1.29 is 9.90 Å². The van der Waals surface area contributed by atoms with Gasteiger partial charge in [0.25, 0.3) is 0 Å². The number of fused-ring (bicyclic) bond motifs is 1. The Balaban J connectivity index is 2.01. The van der Waals surface area contributed by atoms with Crippen molar-refractivity contribution in [2.75, 3.05) is 0 Å². The normalized spacial score (nSPS) is 11.0. The molecule has 0 aliphatic rings. The number of benzene rings is 1. The van der Waals surface area contributed by atoms with Crippen molar-refractivity contribution in [2.24, 2.45) is 0 Å². The number of aryl methyl sites for hydroxylation is 1. The summed E-state index contributed by atoms with van der Waals surface area (Å²) in [6, 6.07) is 9.18. The molecule has 23 heavy (non-hydrogen) atoms. The van der Waals surface area contributed by atoms with Crippen LogP contribution in [0.15, 0.2) is 46.7 Å². The van der Waals surface area contributed by atoms with Crippen molar-refractivity contribution in [3.8, 4) is 0 Å². The molecule has 1 N–H and O–H groups in total. The van der Waals surface area contributed by atoms with Crippen LogP contribution in [0.25, 0.3) is 11.0 Å². The predicted octanol–water partition coefficient (Wildman–Crippen LogP) is 4.36. The summed E-state index contributed by atoms with van der Waals surface area (Å²) < 4.78 is 1.86. The van der Waals surface area contributed by atoms with E-state index in [4.69, 9.17) is 28.3 Å². The van der Waals surface area contributed by atoms with Gasteiger partial charge in [0.15, 0.2) is 5.16 Å². The Morgan fingerprint density at radius 2 is 2.09 bits per heavy atom. The van der Waals surface area contributed by atoms with Crippen LogP contribution in [0.3, 0.4) is 0 Å². The topological polar surface area (TPSA) is 68.0 Å². The minimum atomic E-state index is -0.860. The molecule has 0 amide bonds. The van der Waals surface area contributed by atoms with E-state index in [1.165, 1.54) is 18.0 Å². The Bertz CT molecular complexity index is 882. The minimum absolute atomic E-state index is 0.00962. The number of pyridine rings is 1. The average molecular weight is 368 g/mol. The molecular formula is C15H11Cl2N3O2S. The molecular weight excluding hydrogens is 357 g/mol. The first-order valence-electron chi connectivity index (χ1n) is 6.70. The molecule has 0 saturated heterocycles. The Morgan fingerprint density at radius 3 is 2.83 bits per heavy atom. The largest absolute Gasteiger partial charge is 0.481 e. The maximum atomic E-state index is 10.9. The van der Waals surface area contributed by atoms with E-state index in [1.807, 2.05) is 28.8 Å². The van der Waals surface area contributed by atoms with Crippen LogP contribution in [0, 0.1) is 0 Å². The summed E-state index contributed by atoms with van der Waals surface area (Å²) in [5.41, 5.74) is 1.67. The zero-order valence-corrected chi connectivity index (χ0v) is 14.1. The molecule has 8 heteroatoms. The van der Waals surface area contributed by atoms with Crippen LogP contribution in [-0.4, -0.2) is 25.6 Å². The standard InChI is InChI=1S/C15H11Cl2N3O2S/c16-9-7-10(17)14(18-8-9)23-15-19-11-3-1-2-4-12(11)20(15)6-5-13(21)22/h1-4,7-8H,5-6H2,(H,21,22). The molecule has 0 aliphatic carbocycles. The number of nitrogens with zero attached hydrogens (tertiary/aromatic N) is 3. The lowest BCUT2D eigenvalue weighted by atomic mass is 10.3. The second kappa shape index (κ2) is 6.78. The van der Waals surface area contributed by atoms with Gasteiger partial charge in [-0.2, -0.15) is 0 Å². The van der Waals surface area contributed by atoms with Gasteiger partial charge < -0.3 is 9.67 Å². The van der Waals surface area contributed by atoms with E-state index in [-0.39, 0.29) is 6.42 Å². The number of carboxylic acid groups (broad SMARTS) is 1. The van der Waals surface area contributed by atoms with Crippen LogP contribution in [0.5, 0.6) is 0 Å². The molecule has 1 aromatic carbocycles. The van der Waals surface area contributed by atoms with Gasteiger partial charge in [-0.15, -0.1) is 0 Å². The number of aromatic nitrogens is 3. The van der Waals surface area contributed by atoms with Crippen molar-refractivity contribution in [3.05, 3.63) is 46.6 Å². The molecule has 0 bridgehead atoms. The third-order valence-corrected chi connectivity index (χ3v) is 4.75.